The first-order valence-electron chi connectivity index (χ1n) is 9.23. The molecule has 0 atom stereocenters. The molecule has 1 N–H and O–H groups in total. The number of aromatic nitrogens is 2. The first-order chi connectivity index (χ1) is 13.7. The molecule has 1 amide bonds. The van der Waals surface area contributed by atoms with E-state index in [1.807, 2.05) is 5.38 Å². The summed E-state index contributed by atoms with van der Waals surface area (Å²) in [5, 5.41) is 9.31. The largest absolute Gasteiger partial charge is 0.379 e. The van der Waals surface area contributed by atoms with E-state index in [1.165, 1.54) is 5.56 Å². The normalized spacial score (nSPS) is 14.9. The van der Waals surface area contributed by atoms with Crippen LogP contribution >= 0.6 is 11.3 Å². The summed E-state index contributed by atoms with van der Waals surface area (Å²) in [6, 6.07) is 10.2. The van der Waals surface area contributed by atoms with E-state index < -0.39 is 0 Å². The highest BCUT2D eigenvalue weighted by molar-refractivity contribution is 7.13. The third-order valence-electron chi connectivity index (χ3n) is 4.50. The van der Waals surface area contributed by atoms with Gasteiger partial charge >= 0.3 is 0 Å². The van der Waals surface area contributed by atoms with E-state index in [9.17, 15) is 4.79 Å². The van der Waals surface area contributed by atoms with Gasteiger partial charge in [0.1, 0.15) is 10.8 Å². The molecule has 7 nitrogen and oxygen atoms in total. The molecule has 1 aliphatic rings. The Morgan fingerprint density at radius 2 is 2.04 bits per heavy atom. The van der Waals surface area contributed by atoms with Crippen molar-refractivity contribution >= 4 is 23.1 Å². The zero-order valence-corrected chi connectivity index (χ0v) is 16.5. The number of amides is 1. The van der Waals surface area contributed by atoms with Crippen LogP contribution in [0.15, 0.2) is 40.2 Å². The van der Waals surface area contributed by atoms with Gasteiger partial charge in [-0.25, -0.2) is 4.98 Å². The van der Waals surface area contributed by atoms with Crippen molar-refractivity contribution in [3.8, 4) is 10.6 Å². The highest BCUT2D eigenvalue weighted by Crippen LogP contribution is 2.25. The lowest BCUT2D eigenvalue weighted by Gasteiger charge is -2.26. The van der Waals surface area contributed by atoms with E-state index in [0.29, 0.717) is 11.6 Å². The third-order valence-corrected chi connectivity index (χ3v) is 5.44. The molecule has 0 aliphatic carbocycles. The molecule has 2 aromatic heterocycles. The van der Waals surface area contributed by atoms with Gasteiger partial charge in [-0.05, 0) is 12.5 Å². The molecule has 1 fully saturated rings. The van der Waals surface area contributed by atoms with Crippen LogP contribution in [0.2, 0.25) is 0 Å². The van der Waals surface area contributed by atoms with Gasteiger partial charge in [-0.15, -0.1) is 11.3 Å². The summed E-state index contributed by atoms with van der Waals surface area (Å²) in [5.74, 6) is 0.920. The predicted molar refractivity (Wildman–Crippen MR) is 107 cm³/mol. The number of hydrogen-bond acceptors (Lipinski definition) is 7. The van der Waals surface area contributed by atoms with Gasteiger partial charge in [-0.3, -0.25) is 9.69 Å². The molecule has 0 radical (unpaired) electrons. The van der Waals surface area contributed by atoms with E-state index >= 15 is 0 Å². The molecule has 1 aromatic carbocycles. The molecule has 0 bridgehead atoms. The zero-order valence-electron chi connectivity index (χ0n) is 15.7. The lowest BCUT2D eigenvalue weighted by Crippen LogP contribution is -2.35. The second kappa shape index (κ2) is 8.64. The smallest absolute Gasteiger partial charge is 0.231 e. The van der Waals surface area contributed by atoms with Gasteiger partial charge in [-0.2, -0.15) is 0 Å². The quantitative estimate of drug-likeness (QED) is 0.687. The summed E-state index contributed by atoms with van der Waals surface area (Å²) < 4.78 is 10.3. The lowest BCUT2D eigenvalue weighted by molar-refractivity contribution is -0.115. The van der Waals surface area contributed by atoms with Crippen molar-refractivity contribution in [2.75, 3.05) is 31.6 Å². The van der Waals surface area contributed by atoms with Gasteiger partial charge in [0.25, 0.3) is 0 Å². The highest BCUT2D eigenvalue weighted by atomic mass is 32.1. The standard InChI is InChI=1S/C20H22N4O3S/c1-14-10-18(23-27-14)22-19(25)11-17-13-28-20(21-17)16-4-2-15(3-5-16)12-24-6-8-26-9-7-24/h2-5,10,13H,6-9,11-12H2,1H3,(H,22,23,25). The van der Waals surface area contributed by atoms with Gasteiger partial charge in [0.05, 0.1) is 25.3 Å². The number of anilines is 1. The number of ether oxygens (including phenoxy) is 1. The van der Waals surface area contributed by atoms with Gasteiger partial charge in [0.15, 0.2) is 5.82 Å². The molecule has 28 heavy (non-hydrogen) atoms. The number of carbonyl (C=O) groups excluding carboxylic acids is 1. The third kappa shape index (κ3) is 4.83. The minimum absolute atomic E-state index is 0.161. The van der Waals surface area contributed by atoms with Gasteiger partial charge in [-0.1, -0.05) is 29.4 Å². The second-order valence-corrected chi connectivity index (χ2v) is 7.64. The molecule has 8 heteroatoms. The Kier molecular flexibility index (Phi) is 5.80. The number of thiazole rings is 1. The molecular weight excluding hydrogens is 376 g/mol. The zero-order chi connectivity index (χ0) is 19.3. The van der Waals surface area contributed by atoms with Crippen molar-refractivity contribution in [2.24, 2.45) is 0 Å². The minimum atomic E-state index is -0.161. The molecular formula is C20H22N4O3S. The van der Waals surface area contributed by atoms with Crippen LogP contribution in [0.25, 0.3) is 10.6 Å². The average Bonchev–Trinajstić information content (AvgIpc) is 3.32. The van der Waals surface area contributed by atoms with E-state index in [4.69, 9.17) is 9.26 Å². The average molecular weight is 398 g/mol. The van der Waals surface area contributed by atoms with Gasteiger partial charge in [0.2, 0.25) is 5.91 Å². The number of rotatable bonds is 6. The first-order valence-corrected chi connectivity index (χ1v) is 10.1. The molecule has 0 unspecified atom stereocenters. The Bertz CT molecular complexity index is 929. The Labute approximate surface area is 167 Å². The molecule has 1 aliphatic heterocycles. The highest BCUT2D eigenvalue weighted by Gasteiger charge is 2.13. The number of benzene rings is 1. The molecule has 3 aromatic rings. The summed E-state index contributed by atoms with van der Waals surface area (Å²) in [6.07, 6.45) is 0.206. The van der Waals surface area contributed by atoms with Crippen molar-refractivity contribution in [3.05, 3.63) is 52.7 Å². The molecule has 0 saturated carbocycles. The minimum Gasteiger partial charge on any atom is -0.379 e. The van der Waals surface area contributed by atoms with Crippen LogP contribution in [0.1, 0.15) is 17.0 Å². The van der Waals surface area contributed by atoms with Crippen molar-refractivity contribution in [2.45, 2.75) is 19.9 Å². The molecule has 3 heterocycles. The predicted octanol–water partition coefficient (Wildman–Crippen LogP) is 3.12. The van der Waals surface area contributed by atoms with Crippen LogP contribution < -0.4 is 5.32 Å². The summed E-state index contributed by atoms with van der Waals surface area (Å²) in [6.45, 7) is 6.30. The van der Waals surface area contributed by atoms with Crippen LogP contribution in [0.5, 0.6) is 0 Å². The van der Waals surface area contributed by atoms with Crippen molar-refractivity contribution in [3.63, 3.8) is 0 Å². The monoisotopic (exact) mass is 398 g/mol. The number of nitrogens with one attached hydrogen (secondary N) is 1. The fourth-order valence-electron chi connectivity index (χ4n) is 3.07. The van der Waals surface area contributed by atoms with E-state index in [0.717, 1.165) is 49.1 Å². The van der Waals surface area contributed by atoms with Crippen molar-refractivity contribution in [1.29, 1.82) is 0 Å². The van der Waals surface area contributed by atoms with Gasteiger partial charge < -0.3 is 14.6 Å². The van der Waals surface area contributed by atoms with Gasteiger partial charge in [0, 0.05) is 36.6 Å². The molecule has 4 rings (SSSR count). The number of aryl methyl sites for hydroxylation is 1. The summed E-state index contributed by atoms with van der Waals surface area (Å²) in [7, 11) is 0. The Balaban J connectivity index is 1.34. The van der Waals surface area contributed by atoms with Crippen LogP contribution in [0.4, 0.5) is 5.82 Å². The van der Waals surface area contributed by atoms with Crippen LogP contribution in [-0.4, -0.2) is 47.3 Å². The topological polar surface area (TPSA) is 80.5 Å². The van der Waals surface area contributed by atoms with E-state index in [-0.39, 0.29) is 12.3 Å². The maximum absolute atomic E-state index is 12.1. The summed E-state index contributed by atoms with van der Waals surface area (Å²) in [4.78, 5) is 19.1. The summed E-state index contributed by atoms with van der Waals surface area (Å²) >= 11 is 1.54. The van der Waals surface area contributed by atoms with Crippen LogP contribution in [0.3, 0.4) is 0 Å². The van der Waals surface area contributed by atoms with Crippen molar-refractivity contribution < 1.29 is 14.1 Å². The van der Waals surface area contributed by atoms with Crippen LogP contribution in [-0.2, 0) is 22.5 Å². The molecule has 0 spiro atoms. The van der Waals surface area contributed by atoms with Crippen molar-refractivity contribution in [1.82, 2.24) is 15.0 Å². The maximum Gasteiger partial charge on any atom is 0.231 e. The lowest BCUT2D eigenvalue weighted by atomic mass is 10.1. The summed E-state index contributed by atoms with van der Waals surface area (Å²) in [5.41, 5.74) is 3.09. The molecule has 1 saturated heterocycles. The maximum atomic E-state index is 12.1. The number of nitrogens with zero attached hydrogens (tertiary/aromatic N) is 3. The Morgan fingerprint density at radius 3 is 2.75 bits per heavy atom. The number of carbonyl (C=O) groups is 1. The fraction of sp³-hybridized carbons (Fsp3) is 0.350. The van der Waals surface area contributed by atoms with E-state index in [2.05, 4.69) is 44.6 Å². The number of morpholine rings is 1. The number of hydrogen-bond donors (Lipinski definition) is 1. The SMILES string of the molecule is Cc1cc(NC(=O)Cc2csc(-c3ccc(CN4CCOCC4)cc3)n2)no1. The fourth-order valence-corrected chi connectivity index (χ4v) is 3.89. The van der Waals surface area contributed by atoms with E-state index in [1.54, 1.807) is 24.3 Å². The Hall–Kier alpha value is -2.55. The Morgan fingerprint density at radius 1 is 1.25 bits per heavy atom. The molecule has 146 valence electrons. The first kappa shape index (κ1) is 18.8. The second-order valence-electron chi connectivity index (χ2n) is 6.78. The van der Waals surface area contributed by atoms with Crippen LogP contribution in [0, 0.1) is 6.92 Å².